The molecule has 0 aliphatic heterocycles. The molecule has 25 heavy (non-hydrogen) atoms. The van der Waals surface area contributed by atoms with Crippen LogP contribution in [0.1, 0.15) is 35.0 Å². The van der Waals surface area contributed by atoms with Crippen LogP contribution < -0.4 is 5.32 Å². The summed E-state index contributed by atoms with van der Waals surface area (Å²) in [5, 5.41) is 16.8. The fourth-order valence-electron chi connectivity index (χ4n) is 3.71. The molecule has 0 saturated carbocycles. The van der Waals surface area contributed by atoms with Crippen LogP contribution in [0.4, 0.5) is 5.69 Å². The van der Waals surface area contributed by atoms with Gasteiger partial charge in [-0.15, -0.1) is 0 Å². The van der Waals surface area contributed by atoms with E-state index in [-0.39, 0.29) is 25.1 Å². The van der Waals surface area contributed by atoms with E-state index in [9.17, 15) is 9.90 Å². The molecule has 0 bridgehead atoms. The Balaban J connectivity index is 1.73. The molecule has 3 rings (SSSR count). The van der Waals surface area contributed by atoms with Crippen molar-refractivity contribution in [2.75, 3.05) is 25.0 Å². The molecule has 6 nitrogen and oxygen atoms in total. The number of anilines is 1. The van der Waals surface area contributed by atoms with E-state index in [1.807, 2.05) is 27.0 Å². The van der Waals surface area contributed by atoms with Crippen molar-refractivity contribution in [1.29, 1.82) is 0 Å². The van der Waals surface area contributed by atoms with Gasteiger partial charge in [0.25, 0.3) is 0 Å². The summed E-state index contributed by atoms with van der Waals surface area (Å²) < 4.78 is 1.77. The lowest BCUT2D eigenvalue weighted by molar-refractivity contribution is -0.118. The van der Waals surface area contributed by atoms with Gasteiger partial charge in [0, 0.05) is 19.6 Å². The predicted molar refractivity (Wildman–Crippen MR) is 97.5 cm³/mol. The van der Waals surface area contributed by atoms with Crippen molar-refractivity contribution in [3.05, 3.63) is 46.8 Å². The third-order valence-corrected chi connectivity index (χ3v) is 5.05. The number of hydrogen-bond acceptors (Lipinski definition) is 4. The third-order valence-electron chi connectivity index (χ3n) is 5.05. The van der Waals surface area contributed by atoms with Crippen LogP contribution in [0.25, 0.3) is 0 Å². The number of aliphatic hydroxyl groups excluding tert-OH is 1. The van der Waals surface area contributed by atoms with E-state index in [2.05, 4.69) is 33.5 Å². The van der Waals surface area contributed by atoms with E-state index in [4.69, 9.17) is 0 Å². The quantitative estimate of drug-likeness (QED) is 0.842. The maximum absolute atomic E-state index is 12.6. The molecule has 0 radical (unpaired) electrons. The molecule has 1 aromatic heterocycles. The standard InChI is InChI=1S/C19H26N4O2/c1-13-19(14(2)22(3)21-13)20-18(25)12-23(10-11-24)17-9-8-15-6-4-5-7-16(15)17/h4-7,17,24H,8-12H2,1-3H3,(H,20,25). The SMILES string of the molecule is Cc1nn(C)c(C)c1NC(=O)CN(CCO)C1CCc2ccccc21. The summed E-state index contributed by atoms with van der Waals surface area (Å²) in [4.78, 5) is 14.7. The van der Waals surface area contributed by atoms with Gasteiger partial charge in [-0.1, -0.05) is 24.3 Å². The molecule has 1 unspecified atom stereocenters. The smallest absolute Gasteiger partial charge is 0.238 e. The van der Waals surface area contributed by atoms with Gasteiger partial charge in [-0.05, 0) is 37.8 Å². The number of carbonyl (C=O) groups excluding carboxylic acids is 1. The number of amides is 1. The van der Waals surface area contributed by atoms with Crippen molar-refractivity contribution in [3.8, 4) is 0 Å². The van der Waals surface area contributed by atoms with Crippen LogP contribution in [0.5, 0.6) is 0 Å². The average molecular weight is 342 g/mol. The fourth-order valence-corrected chi connectivity index (χ4v) is 3.71. The zero-order chi connectivity index (χ0) is 18.0. The minimum atomic E-state index is -0.0722. The van der Waals surface area contributed by atoms with Crippen molar-refractivity contribution < 1.29 is 9.90 Å². The van der Waals surface area contributed by atoms with E-state index < -0.39 is 0 Å². The number of aliphatic hydroxyl groups is 1. The average Bonchev–Trinajstić information content (AvgIpc) is 3.11. The molecule has 1 aliphatic carbocycles. The molecule has 1 aliphatic rings. The van der Waals surface area contributed by atoms with Gasteiger partial charge < -0.3 is 10.4 Å². The highest BCUT2D eigenvalue weighted by molar-refractivity contribution is 5.93. The van der Waals surface area contributed by atoms with Crippen LogP contribution in [0.3, 0.4) is 0 Å². The maximum atomic E-state index is 12.6. The molecule has 0 fully saturated rings. The molecule has 2 N–H and O–H groups in total. The number of benzene rings is 1. The lowest BCUT2D eigenvalue weighted by atomic mass is 10.1. The monoisotopic (exact) mass is 342 g/mol. The van der Waals surface area contributed by atoms with Crippen LogP contribution in [0.2, 0.25) is 0 Å². The van der Waals surface area contributed by atoms with Crippen LogP contribution in [0, 0.1) is 13.8 Å². The van der Waals surface area contributed by atoms with Crippen molar-refractivity contribution >= 4 is 11.6 Å². The number of aryl methyl sites for hydroxylation is 3. The summed E-state index contributed by atoms with van der Waals surface area (Å²) >= 11 is 0. The van der Waals surface area contributed by atoms with E-state index in [0.717, 1.165) is 29.9 Å². The van der Waals surface area contributed by atoms with Gasteiger partial charge in [0.2, 0.25) is 5.91 Å². The minimum Gasteiger partial charge on any atom is -0.395 e. The summed E-state index contributed by atoms with van der Waals surface area (Å²) in [6.45, 7) is 4.61. The Kier molecular flexibility index (Phi) is 5.20. The first-order chi connectivity index (χ1) is 12.0. The molecular formula is C19H26N4O2. The zero-order valence-electron chi connectivity index (χ0n) is 15.1. The van der Waals surface area contributed by atoms with Crippen LogP contribution in [-0.2, 0) is 18.3 Å². The molecule has 0 spiro atoms. The summed E-state index contributed by atoms with van der Waals surface area (Å²) in [5.74, 6) is -0.0722. The molecule has 1 heterocycles. The Morgan fingerprint density at radius 3 is 2.84 bits per heavy atom. The normalized spacial score (nSPS) is 16.3. The molecule has 1 atom stereocenters. The van der Waals surface area contributed by atoms with Gasteiger partial charge in [-0.25, -0.2) is 0 Å². The minimum absolute atomic E-state index is 0.0386. The topological polar surface area (TPSA) is 70.4 Å². The van der Waals surface area contributed by atoms with Crippen LogP contribution >= 0.6 is 0 Å². The van der Waals surface area contributed by atoms with Gasteiger partial charge in [-0.2, -0.15) is 5.10 Å². The molecule has 2 aromatic rings. The number of hydrogen-bond donors (Lipinski definition) is 2. The number of nitrogens with zero attached hydrogens (tertiary/aromatic N) is 3. The second-order valence-corrected chi connectivity index (χ2v) is 6.66. The summed E-state index contributed by atoms with van der Waals surface area (Å²) in [5.41, 5.74) is 5.15. The van der Waals surface area contributed by atoms with Crippen molar-refractivity contribution in [1.82, 2.24) is 14.7 Å². The fraction of sp³-hybridized carbons (Fsp3) is 0.474. The first-order valence-electron chi connectivity index (χ1n) is 8.74. The third kappa shape index (κ3) is 3.60. The highest BCUT2D eigenvalue weighted by Gasteiger charge is 2.28. The van der Waals surface area contributed by atoms with Gasteiger partial charge in [0.05, 0.1) is 30.2 Å². The van der Waals surface area contributed by atoms with E-state index in [1.54, 1.807) is 4.68 Å². The molecule has 0 saturated heterocycles. The van der Waals surface area contributed by atoms with E-state index >= 15 is 0 Å². The lowest BCUT2D eigenvalue weighted by Crippen LogP contribution is -2.37. The Labute approximate surface area is 148 Å². The largest absolute Gasteiger partial charge is 0.395 e. The summed E-state index contributed by atoms with van der Waals surface area (Å²) in [7, 11) is 1.87. The Bertz CT molecular complexity index is 769. The Morgan fingerprint density at radius 1 is 1.40 bits per heavy atom. The van der Waals surface area contributed by atoms with Gasteiger partial charge in [0.1, 0.15) is 0 Å². The van der Waals surface area contributed by atoms with Crippen molar-refractivity contribution in [2.45, 2.75) is 32.7 Å². The van der Waals surface area contributed by atoms with Gasteiger partial charge in [0.15, 0.2) is 0 Å². The van der Waals surface area contributed by atoms with E-state index in [0.29, 0.717) is 6.54 Å². The maximum Gasteiger partial charge on any atom is 0.238 e. The zero-order valence-corrected chi connectivity index (χ0v) is 15.1. The molecular weight excluding hydrogens is 316 g/mol. The summed E-state index contributed by atoms with van der Waals surface area (Å²) in [6, 6.07) is 8.55. The molecule has 6 heteroatoms. The summed E-state index contributed by atoms with van der Waals surface area (Å²) in [6.07, 6.45) is 2.00. The number of aromatic nitrogens is 2. The molecule has 134 valence electrons. The van der Waals surface area contributed by atoms with E-state index in [1.165, 1.54) is 11.1 Å². The van der Waals surface area contributed by atoms with Crippen molar-refractivity contribution in [2.24, 2.45) is 7.05 Å². The second-order valence-electron chi connectivity index (χ2n) is 6.66. The first-order valence-corrected chi connectivity index (χ1v) is 8.74. The van der Waals surface area contributed by atoms with Crippen LogP contribution in [0.15, 0.2) is 24.3 Å². The lowest BCUT2D eigenvalue weighted by Gasteiger charge is -2.28. The first kappa shape index (κ1) is 17.6. The number of nitrogens with one attached hydrogen (secondary N) is 1. The highest BCUT2D eigenvalue weighted by atomic mass is 16.3. The second kappa shape index (κ2) is 7.37. The number of fused-ring (bicyclic) bond motifs is 1. The Hall–Kier alpha value is -2.18. The molecule has 1 aromatic carbocycles. The molecule has 1 amide bonds. The highest BCUT2D eigenvalue weighted by Crippen LogP contribution is 2.35. The number of carbonyl (C=O) groups is 1. The predicted octanol–water partition coefficient (Wildman–Crippen LogP) is 1.96. The van der Waals surface area contributed by atoms with Gasteiger partial charge in [-0.3, -0.25) is 14.4 Å². The Morgan fingerprint density at radius 2 is 2.16 bits per heavy atom. The number of rotatable bonds is 6. The van der Waals surface area contributed by atoms with Crippen LogP contribution in [-0.4, -0.2) is 45.4 Å². The van der Waals surface area contributed by atoms with Crippen molar-refractivity contribution in [3.63, 3.8) is 0 Å². The van der Waals surface area contributed by atoms with Gasteiger partial charge >= 0.3 is 0 Å².